The van der Waals surface area contributed by atoms with Gasteiger partial charge >= 0.3 is 5.97 Å². The SMILES string of the molecule is COC(=O)c1sc(NC(=O)[C@H](Sc2ccccc2)c2ccccc2)c(C(N)=O)c1C. The van der Waals surface area contributed by atoms with E-state index in [4.69, 9.17) is 10.5 Å². The molecule has 2 aromatic carbocycles. The van der Waals surface area contributed by atoms with Gasteiger partial charge in [0.25, 0.3) is 5.91 Å². The third-order valence-electron chi connectivity index (χ3n) is 4.34. The topological polar surface area (TPSA) is 98.5 Å². The number of hydrogen-bond donors (Lipinski definition) is 2. The van der Waals surface area contributed by atoms with Gasteiger partial charge in [0.05, 0.1) is 12.7 Å². The molecular weight excluding hydrogens is 420 g/mol. The number of benzene rings is 2. The van der Waals surface area contributed by atoms with Crippen molar-refractivity contribution in [2.45, 2.75) is 17.1 Å². The summed E-state index contributed by atoms with van der Waals surface area (Å²) in [6.07, 6.45) is 0. The first-order valence-corrected chi connectivity index (χ1v) is 10.7. The van der Waals surface area contributed by atoms with E-state index in [1.807, 2.05) is 60.7 Å². The molecule has 0 radical (unpaired) electrons. The highest BCUT2D eigenvalue weighted by molar-refractivity contribution is 8.00. The zero-order chi connectivity index (χ0) is 21.7. The number of hydrogen-bond acceptors (Lipinski definition) is 6. The second-order valence-corrected chi connectivity index (χ2v) is 8.53. The highest BCUT2D eigenvalue weighted by Crippen LogP contribution is 2.38. The molecule has 3 N–H and O–H groups in total. The average molecular weight is 441 g/mol. The molecule has 0 saturated heterocycles. The quantitative estimate of drug-likeness (QED) is 0.419. The highest BCUT2D eigenvalue weighted by Gasteiger charge is 2.28. The number of primary amides is 1. The minimum atomic E-state index is -0.721. The number of thioether (sulfide) groups is 1. The largest absolute Gasteiger partial charge is 0.465 e. The summed E-state index contributed by atoms with van der Waals surface area (Å²) in [5.74, 6) is -1.63. The number of carbonyl (C=O) groups excluding carboxylic acids is 3. The molecule has 0 unspecified atom stereocenters. The molecule has 0 saturated carbocycles. The molecule has 3 aromatic rings. The van der Waals surface area contributed by atoms with Gasteiger partial charge in [0.15, 0.2) is 0 Å². The van der Waals surface area contributed by atoms with Gasteiger partial charge in [-0.15, -0.1) is 23.1 Å². The summed E-state index contributed by atoms with van der Waals surface area (Å²) in [6, 6.07) is 18.9. The van der Waals surface area contributed by atoms with Gasteiger partial charge in [0, 0.05) is 4.90 Å². The van der Waals surface area contributed by atoms with Crippen molar-refractivity contribution in [2.75, 3.05) is 12.4 Å². The standard InChI is InChI=1S/C22H20N2O4S2/c1-13-16(19(23)25)21(30-17(13)22(27)28-2)24-20(26)18(14-9-5-3-6-10-14)29-15-11-7-4-8-12-15/h3-12,18H,1-2H3,(H2,23,25)(H,24,26)/t18-/m1/s1. The molecule has 0 aliphatic carbocycles. The second-order valence-electron chi connectivity index (χ2n) is 6.33. The molecule has 1 aromatic heterocycles. The fraction of sp³-hybridized carbons (Fsp3) is 0.136. The van der Waals surface area contributed by atoms with Gasteiger partial charge in [-0.3, -0.25) is 9.59 Å². The smallest absolute Gasteiger partial charge is 0.348 e. The van der Waals surface area contributed by atoms with Crippen molar-refractivity contribution in [1.82, 2.24) is 0 Å². The lowest BCUT2D eigenvalue weighted by atomic mass is 10.1. The van der Waals surface area contributed by atoms with Crippen LogP contribution in [0.1, 0.15) is 36.4 Å². The van der Waals surface area contributed by atoms with Gasteiger partial charge in [-0.05, 0) is 30.2 Å². The number of nitrogens with one attached hydrogen (secondary N) is 1. The third-order valence-corrected chi connectivity index (χ3v) is 6.79. The second kappa shape index (κ2) is 9.60. The van der Waals surface area contributed by atoms with E-state index in [0.29, 0.717) is 5.56 Å². The van der Waals surface area contributed by atoms with Crippen molar-refractivity contribution in [3.63, 3.8) is 0 Å². The zero-order valence-corrected chi connectivity index (χ0v) is 18.0. The average Bonchev–Trinajstić information content (AvgIpc) is 3.08. The third kappa shape index (κ3) is 4.72. The molecule has 2 amide bonds. The van der Waals surface area contributed by atoms with Crippen LogP contribution in [0.3, 0.4) is 0 Å². The van der Waals surface area contributed by atoms with Gasteiger partial charge in [-0.1, -0.05) is 48.5 Å². The minimum Gasteiger partial charge on any atom is -0.465 e. The van der Waals surface area contributed by atoms with E-state index in [9.17, 15) is 14.4 Å². The number of nitrogens with two attached hydrogens (primary N) is 1. The number of ether oxygens (including phenoxy) is 1. The van der Waals surface area contributed by atoms with E-state index < -0.39 is 17.1 Å². The van der Waals surface area contributed by atoms with Crippen LogP contribution in [0.25, 0.3) is 0 Å². The molecule has 154 valence electrons. The fourth-order valence-electron chi connectivity index (χ4n) is 2.90. The summed E-state index contributed by atoms with van der Waals surface area (Å²) in [5.41, 5.74) is 6.83. The molecular formula is C22H20N2O4S2. The van der Waals surface area contributed by atoms with Crippen LogP contribution in [0.5, 0.6) is 0 Å². The monoisotopic (exact) mass is 440 g/mol. The van der Waals surface area contributed by atoms with Crippen molar-refractivity contribution in [2.24, 2.45) is 5.73 Å². The number of esters is 1. The van der Waals surface area contributed by atoms with E-state index in [0.717, 1.165) is 21.8 Å². The maximum atomic E-state index is 13.3. The lowest BCUT2D eigenvalue weighted by molar-refractivity contribution is -0.115. The van der Waals surface area contributed by atoms with Crippen molar-refractivity contribution < 1.29 is 19.1 Å². The first-order chi connectivity index (χ1) is 14.4. The van der Waals surface area contributed by atoms with Crippen molar-refractivity contribution in [3.8, 4) is 0 Å². The van der Waals surface area contributed by atoms with Crippen molar-refractivity contribution >= 4 is 45.9 Å². The summed E-state index contributed by atoms with van der Waals surface area (Å²) >= 11 is 2.37. The molecule has 0 spiro atoms. The van der Waals surface area contributed by atoms with E-state index in [2.05, 4.69) is 5.32 Å². The molecule has 30 heavy (non-hydrogen) atoms. The minimum absolute atomic E-state index is 0.116. The van der Waals surface area contributed by atoms with Crippen LogP contribution in [0.15, 0.2) is 65.6 Å². The molecule has 8 heteroatoms. The Bertz CT molecular complexity index is 1070. The summed E-state index contributed by atoms with van der Waals surface area (Å²) in [4.78, 5) is 38.4. The number of anilines is 1. The molecule has 0 fully saturated rings. The van der Waals surface area contributed by atoms with Crippen LogP contribution in [0.2, 0.25) is 0 Å². The van der Waals surface area contributed by atoms with Crippen LogP contribution in [0.4, 0.5) is 5.00 Å². The van der Waals surface area contributed by atoms with Crippen LogP contribution in [-0.4, -0.2) is 24.9 Å². The summed E-state index contributed by atoms with van der Waals surface area (Å²) in [6.45, 7) is 1.60. The van der Waals surface area contributed by atoms with E-state index >= 15 is 0 Å². The van der Waals surface area contributed by atoms with Crippen LogP contribution in [0, 0.1) is 6.92 Å². The van der Waals surface area contributed by atoms with Crippen molar-refractivity contribution in [3.05, 3.63) is 82.2 Å². The Hall–Kier alpha value is -3.10. The number of amides is 2. The number of thiophene rings is 1. The van der Waals surface area contributed by atoms with Gasteiger partial charge in [0.1, 0.15) is 15.1 Å². The zero-order valence-electron chi connectivity index (χ0n) is 16.4. The Morgan fingerprint density at radius 2 is 1.63 bits per heavy atom. The summed E-state index contributed by atoms with van der Waals surface area (Å²) < 4.78 is 4.77. The molecule has 1 heterocycles. The van der Waals surface area contributed by atoms with E-state index in [-0.39, 0.29) is 21.3 Å². The van der Waals surface area contributed by atoms with Gasteiger partial charge in [-0.2, -0.15) is 0 Å². The summed E-state index contributed by atoms with van der Waals surface area (Å²) in [5, 5.41) is 2.47. The van der Waals surface area contributed by atoms with Crippen LogP contribution in [-0.2, 0) is 9.53 Å². The predicted octanol–water partition coefficient (Wildman–Crippen LogP) is 4.41. The fourth-order valence-corrected chi connectivity index (χ4v) is 5.08. The lowest BCUT2D eigenvalue weighted by Gasteiger charge is -2.17. The Balaban J connectivity index is 1.96. The Kier molecular flexibility index (Phi) is 6.91. The number of carbonyl (C=O) groups is 3. The maximum Gasteiger partial charge on any atom is 0.348 e. The summed E-state index contributed by atoms with van der Waals surface area (Å²) in [7, 11) is 1.26. The predicted molar refractivity (Wildman–Crippen MR) is 119 cm³/mol. The number of methoxy groups -OCH3 is 1. The van der Waals surface area contributed by atoms with Crippen LogP contribution < -0.4 is 11.1 Å². The Morgan fingerprint density at radius 3 is 2.20 bits per heavy atom. The molecule has 6 nitrogen and oxygen atoms in total. The normalized spacial score (nSPS) is 11.5. The van der Waals surface area contributed by atoms with E-state index in [1.165, 1.54) is 18.9 Å². The van der Waals surface area contributed by atoms with Crippen molar-refractivity contribution in [1.29, 1.82) is 0 Å². The van der Waals surface area contributed by atoms with Gasteiger partial charge in [0.2, 0.25) is 5.91 Å². The lowest BCUT2D eigenvalue weighted by Crippen LogP contribution is -2.21. The van der Waals surface area contributed by atoms with Crippen LogP contribution >= 0.6 is 23.1 Å². The van der Waals surface area contributed by atoms with Gasteiger partial charge < -0.3 is 15.8 Å². The first-order valence-electron chi connectivity index (χ1n) is 9.01. The van der Waals surface area contributed by atoms with E-state index in [1.54, 1.807) is 6.92 Å². The molecule has 0 bridgehead atoms. The Labute approximate surface area is 182 Å². The first kappa shape index (κ1) is 21.6. The molecule has 0 aliphatic rings. The number of rotatable bonds is 7. The maximum absolute atomic E-state index is 13.3. The molecule has 0 aliphatic heterocycles. The Morgan fingerprint density at radius 1 is 1.03 bits per heavy atom. The molecule has 1 atom stereocenters. The van der Waals surface area contributed by atoms with Gasteiger partial charge in [-0.25, -0.2) is 4.79 Å². The molecule has 3 rings (SSSR count). The highest BCUT2D eigenvalue weighted by atomic mass is 32.2.